The first-order valence-corrected chi connectivity index (χ1v) is 4.49. The van der Waals surface area contributed by atoms with Crippen molar-refractivity contribution < 1.29 is 5.11 Å². The number of hydrogen-bond acceptors (Lipinski definition) is 2. The molecule has 0 saturated heterocycles. The van der Waals surface area contributed by atoms with E-state index in [1.807, 2.05) is 19.9 Å². The van der Waals surface area contributed by atoms with E-state index in [4.69, 9.17) is 18.0 Å². The molecule has 0 atom stereocenters. The fourth-order valence-electron chi connectivity index (χ4n) is 1.19. The Morgan fingerprint density at radius 3 is 2.46 bits per heavy atom. The van der Waals surface area contributed by atoms with E-state index in [-0.39, 0.29) is 5.75 Å². The van der Waals surface area contributed by atoms with E-state index in [0.29, 0.717) is 11.4 Å². The quantitative estimate of drug-likeness (QED) is 0.708. The van der Waals surface area contributed by atoms with Gasteiger partial charge < -0.3 is 10.8 Å². The van der Waals surface area contributed by atoms with E-state index in [1.165, 1.54) is 0 Å². The Balaban J connectivity index is 3.08. The summed E-state index contributed by atoms with van der Waals surface area (Å²) >= 11 is 4.78. The van der Waals surface area contributed by atoms with Gasteiger partial charge in [0.25, 0.3) is 0 Å². The van der Waals surface area contributed by atoms with Gasteiger partial charge in [0.05, 0.1) is 4.99 Å². The molecule has 0 saturated carbocycles. The summed E-state index contributed by atoms with van der Waals surface area (Å²) in [5, 5.41) is 9.55. The third-order valence-corrected chi connectivity index (χ3v) is 2.20. The van der Waals surface area contributed by atoms with Crippen molar-refractivity contribution in [2.75, 3.05) is 0 Å². The van der Waals surface area contributed by atoms with Gasteiger partial charge in [0.2, 0.25) is 0 Å². The van der Waals surface area contributed by atoms with Crippen LogP contribution in [0, 0.1) is 13.8 Å². The van der Waals surface area contributed by atoms with Crippen LogP contribution in [0.4, 0.5) is 0 Å². The summed E-state index contributed by atoms with van der Waals surface area (Å²) in [5.74, 6) is 0.274. The predicted octanol–water partition coefficient (Wildman–Crippen LogP) is 1.84. The largest absolute Gasteiger partial charge is 0.508 e. The molecule has 0 heterocycles. The zero-order valence-corrected chi connectivity index (χ0v) is 8.61. The Kier molecular flexibility index (Phi) is 2.88. The minimum Gasteiger partial charge on any atom is -0.508 e. The molecule has 0 bridgehead atoms. The highest BCUT2D eigenvalue weighted by molar-refractivity contribution is 7.80. The summed E-state index contributed by atoms with van der Waals surface area (Å²) in [6.45, 7) is 3.96. The number of nitrogens with two attached hydrogens (primary N) is 1. The highest BCUT2D eigenvalue weighted by atomic mass is 32.1. The molecule has 0 amide bonds. The van der Waals surface area contributed by atoms with E-state index in [2.05, 4.69) is 0 Å². The molecule has 1 aromatic rings. The average Bonchev–Trinajstić information content (AvgIpc) is 1.99. The fraction of sp³-hybridized carbons (Fsp3) is 0.300. The molecule has 0 aliphatic rings. The van der Waals surface area contributed by atoms with Crippen LogP contribution in [0.2, 0.25) is 0 Å². The predicted molar refractivity (Wildman–Crippen MR) is 58.1 cm³/mol. The number of thiocarbonyl (C=S) groups is 1. The monoisotopic (exact) mass is 195 g/mol. The van der Waals surface area contributed by atoms with E-state index in [1.54, 1.807) is 6.07 Å². The molecule has 1 aromatic carbocycles. The number of phenols is 1. The molecule has 70 valence electrons. The maximum absolute atomic E-state index is 9.55. The van der Waals surface area contributed by atoms with Crippen LogP contribution in [0.3, 0.4) is 0 Å². The van der Waals surface area contributed by atoms with Crippen molar-refractivity contribution in [3.63, 3.8) is 0 Å². The van der Waals surface area contributed by atoms with Gasteiger partial charge in [0.15, 0.2) is 0 Å². The molecule has 3 N–H and O–H groups in total. The molecule has 13 heavy (non-hydrogen) atoms. The third-order valence-electron chi connectivity index (χ3n) is 2.06. The Bertz CT molecular complexity index is 347. The zero-order valence-electron chi connectivity index (χ0n) is 7.79. The van der Waals surface area contributed by atoms with E-state index >= 15 is 0 Å². The SMILES string of the molecule is Cc1cc(O)c(CC(N)=S)cc1C. The van der Waals surface area contributed by atoms with Crippen molar-refractivity contribution in [3.05, 3.63) is 28.8 Å². The average molecular weight is 195 g/mol. The fourth-order valence-corrected chi connectivity index (χ4v) is 1.35. The first-order valence-electron chi connectivity index (χ1n) is 4.08. The number of phenolic OH excluding ortho intramolecular Hbond substituents is 1. The molecule has 0 unspecified atom stereocenters. The summed E-state index contributed by atoms with van der Waals surface area (Å²) in [6.07, 6.45) is 0.461. The van der Waals surface area contributed by atoms with Crippen molar-refractivity contribution in [1.82, 2.24) is 0 Å². The molecule has 0 spiro atoms. The summed E-state index contributed by atoms with van der Waals surface area (Å²) in [5.41, 5.74) is 8.42. The molecule has 1 rings (SSSR count). The lowest BCUT2D eigenvalue weighted by Crippen LogP contribution is -2.11. The Hall–Kier alpha value is -1.09. The second-order valence-corrected chi connectivity index (χ2v) is 3.73. The maximum Gasteiger partial charge on any atom is 0.119 e. The molecule has 0 fully saturated rings. The van der Waals surface area contributed by atoms with Crippen LogP contribution in [0.5, 0.6) is 5.75 Å². The van der Waals surface area contributed by atoms with E-state index in [0.717, 1.165) is 16.7 Å². The van der Waals surface area contributed by atoms with E-state index in [9.17, 15) is 5.11 Å². The van der Waals surface area contributed by atoms with Crippen molar-refractivity contribution in [2.45, 2.75) is 20.3 Å². The molecular formula is C10H13NOS. The van der Waals surface area contributed by atoms with Crippen molar-refractivity contribution in [2.24, 2.45) is 5.73 Å². The third kappa shape index (κ3) is 2.42. The second-order valence-electron chi connectivity index (χ2n) is 3.21. The number of benzene rings is 1. The number of rotatable bonds is 2. The normalized spacial score (nSPS) is 10.0. The summed E-state index contributed by atoms with van der Waals surface area (Å²) in [7, 11) is 0. The molecule has 3 heteroatoms. The zero-order chi connectivity index (χ0) is 10.0. The second kappa shape index (κ2) is 3.75. The van der Waals surface area contributed by atoms with Gasteiger partial charge in [-0.3, -0.25) is 0 Å². The van der Waals surface area contributed by atoms with Gasteiger partial charge in [-0.25, -0.2) is 0 Å². The molecule has 0 aliphatic heterocycles. The summed E-state index contributed by atoms with van der Waals surface area (Å²) in [4.78, 5) is 0.401. The molecule has 2 nitrogen and oxygen atoms in total. The summed E-state index contributed by atoms with van der Waals surface area (Å²) in [6, 6.07) is 3.66. The van der Waals surface area contributed by atoms with Crippen LogP contribution >= 0.6 is 12.2 Å². The van der Waals surface area contributed by atoms with Gasteiger partial charge in [-0.1, -0.05) is 18.3 Å². The van der Waals surface area contributed by atoms with Crippen molar-refractivity contribution >= 4 is 17.2 Å². The lowest BCUT2D eigenvalue weighted by Gasteiger charge is -2.07. The van der Waals surface area contributed by atoms with Gasteiger partial charge in [-0.2, -0.15) is 0 Å². The van der Waals surface area contributed by atoms with Gasteiger partial charge in [-0.15, -0.1) is 0 Å². The number of hydrogen-bond donors (Lipinski definition) is 2. The van der Waals surface area contributed by atoms with Crippen molar-refractivity contribution in [1.29, 1.82) is 0 Å². The minimum absolute atomic E-state index is 0.274. The van der Waals surface area contributed by atoms with Crippen molar-refractivity contribution in [3.8, 4) is 5.75 Å². The van der Waals surface area contributed by atoms with Crippen LogP contribution in [0.15, 0.2) is 12.1 Å². The minimum atomic E-state index is 0.274. The molecular weight excluding hydrogens is 182 g/mol. The van der Waals surface area contributed by atoms with Crippen LogP contribution in [0.25, 0.3) is 0 Å². The van der Waals surface area contributed by atoms with Gasteiger partial charge >= 0.3 is 0 Å². The molecule has 0 radical (unpaired) electrons. The lowest BCUT2D eigenvalue weighted by atomic mass is 10.0. The summed E-state index contributed by atoms with van der Waals surface area (Å²) < 4.78 is 0. The molecule has 0 aromatic heterocycles. The van der Waals surface area contributed by atoms with Gasteiger partial charge in [-0.05, 0) is 31.0 Å². The highest BCUT2D eigenvalue weighted by Gasteiger charge is 2.04. The van der Waals surface area contributed by atoms with Gasteiger partial charge in [0.1, 0.15) is 5.75 Å². The maximum atomic E-state index is 9.55. The Labute approximate surface area is 83.4 Å². The first-order chi connectivity index (χ1) is 6.00. The van der Waals surface area contributed by atoms with E-state index < -0.39 is 0 Å². The highest BCUT2D eigenvalue weighted by Crippen LogP contribution is 2.22. The standard InChI is InChI=1S/C10H13NOS/c1-6-3-8(5-10(11)13)9(12)4-7(6)2/h3-4,12H,5H2,1-2H3,(H2,11,13). The Morgan fingerprint density at radius 2 is 1.92 bits per heavy atom. The Morgan fingerprint density at radius 1 is 1.38 bits per heavy atom. The smallest absolute Gasteiger partial charge is 0.119 e. The lowest BCUT2D eigenvalue weighted by molar-refractivity contribution is 0.469. The number of aryl methyl sites for hydroxylation is 2. The van der Waals surface area contributed by atoms with Crippen LogP contribution in [-0.4, -0.2) is 10.1 Å². The number of aromatic hydroxyl groups is 1. The first kappa shape index (κ1) is 9.99. The van der Waals surface area contributed by atoms with Crippen LogP contribution in [-0.2, 0) is 6.42 Å². The topological polar surface area (TPSA) is 46.2 Å². The van der Waals surface area contributed by atoms with Crippen LogP contribution in [0.1, 0.15) is 16.7 Å². The van der Waals surface area contributed by atoms with Crippen LogP contribution < -0.4 is 5.73 Å². The molecule has 0 aliphatic carbocycles. The van der Waals surface area contributed by atoms with Gasteiger partial charge in [0, 0.05) is 12.0 Å².